The highest BCUT2D eigenvalue weighted by Crippen LogP contribution is 2.37. The Hall–Kier alpha value is -1.53. The molecule has 23 heavy (non-hydrogen) atoms. The molecule has 0 aliphatic carbocycles. The summed E-state index contributed by atoms with van der Waals surface area (Å²) in [5.41, 5.74) is 6.29. The van der Waals surface area contributed by atoms with Gasteiger partial charge in [0.1, 0.15) is 0 Å². The van der Waals surface area contributed by atoms with Gasteiger partial charge in [0.2, 0.25) is 5.91 Å². The fourth-order valence-electron chi connectivity index (χ4n) is 3.49. The zero-order valence-corrected chi connectivity index (χ0v) is 14.0. The number of primary amides is 1. The van der Waals surface area contributed by atoms with E-state index in [-0.39, 0.29) is 17.6 Å². The Morgan fingerprint density at radius 3 is 2.61 bits per heavy atom. The van der Waals surface area contributed by atoms with Crippen LogP contribution in [0.25, 0.3) is 0 Å². The predicted molar refractivity (Wildman–Crippen MR) is 91.4 cm³/mol. The molecule has 2 amide bonds. The third-order valence-electron chi connectivity index (χ3n) is 4.93. The van der Waals surface area contributed by atoms with Crippen LogP contribution in [0, 0.1) is 5.41 Å². The fraction of sp³-hybridized carbons (Fsp3) is 0.529. The first-order chi connectivity index (χ1) is 11.1. The van der Waals surface area contributed by atoms with Crippen molar-refractivity contribution >= 4 is 23.6 Å². The lowest BCUT2D eigenvalue weighted by Crippen LogP contribution is -2.44. The maximum atomic E-state index is 12.8. The normalized spacial score (nSPS) is 19.9. The van der Waals surface area contributed by atoms with Crippen molar-refractivity contribution in [3.05, 3.63) is 29.8 Å². The molecule has 0 bridgehead atoms. The van der Waals surface area contributed by atoms with Crippen LogP contribution in [0.1, 0.15) is 29.6 Å². The lowest BCUT2D eigenvalue weighted by Gasteiger charge is -2.39. The summed E-state index contributed by atoms with van der Waals surface area (Å²) in [7, 11) is 0. The largest absolute Gasteiger partial charge is 0.369 e. The van der Waals surface area contributed by atoms with E-state index in [9.17, 15) is 9.59 Å². The predicted octanol–water partition coefficient (Wildman–Crippen LogP) is 1.48. The summed E-state index contributed by atoms with van der Waals surface area (Å²) in [5, 5.41) is 3.44. The number of carbonyl (C=O) groups excluding carboxylic acids is 2. The van der Waals surface area contributed by atoms with Crippen LogP contribution in [0.5, 0.6) is 0 Å². The number of nitrogens with zero attached hydrogens (tertiary/aromatic N) is 1. The summed E-state index contributed by atoms with van der Waals surface area (Å²) in [5.74, 6) is -0.108. The van der Waals surface area contributed by atoms with Gasteiger partial charge in [-0.3, -0.25) is 9.59 Å². The molecule has 6 heteroatoms. The van der Waals surface area contributed by atoms with E-state index in [0.29, 0.717) is 11.0 Å². The van der Waals surface area contributed by atoms with E-state index in [2.05, 4.69) is 5.32 Å². The molecule has 124 valence electrons. The molecule has 2 fully saturated rings. The molecule has 1 aromatic rings. The van der Waals surface area contributed by atoms with Gasteiger partial charge in [-0.1, -0.05) is 12.1 Å². The first kappa shape index (κ1) is 16.3. The molecule has 0 radical (unpaired) electrons. The third-order valence-corrected chi connectivity index (χ3v) is 6.03. The highest BCUT2D eigenvalue weighted by atomic mass is 32.2. The van der Waals surface area contributed by atoms with E-state index >= 15 is 0 Å². The van der Waals surface area contributed by atoms with Gasteiger partial charge in [-0.05, 0) is 43.4 Å². The number of thioether (sulfide) groups is 1. The van der Waals surface area contributed by atoms with E-state index in [1.54, 1.807) is 0 Å². The molecule has 0 saturated carbocycles. The molecule has 2 aliphatic heterocycles. The van der Waals surface area contributed by atoms with Gasteiger partial charge < -0.3 is 16.0 Å². The van der Waals surface area contributed by atoms with Crippen LogP contribution < -0.4 is 11.1 Å². The Balaban J connectivity index is 1.67. The highest BCUT2D eigenvalue weighted by molar-refractivity contribution is 8.00. The SMILES string of the molecule is NC(=O)CSc1ccccc1C(=O)N1CCC2(CCNC2)CC1. The van der Waals surface area contributed by atoms with E-state index in [1.807, 2.05) is 29.2 Å². The minimum atomic E-state index is -0.370. The molecule has 3 rings (SSSR count). The standard InChI is InChI=1S/C17H23N3O2S/c18-15(21)11-23-14-4-2-1-3-13(14)16(22)20-9-6-17(7-10-20)5-8-19-12-17/h1-4,19H,5-12H2,(H2,18,21). The summed E-state index contributed by atoms with van der Waals surface area (Å²) in [6.45, 7) is 3.81. The summed E-state index contributed by atoms with van der Waals surface area (Å²) in [6.07, 6.45) is 3.37. The highest BCUT2D eigenvalue weighted by Gasteiger charge is 2.38. The van der Waals surface area contributed by atoms with E-state index in [1.165, 1.54) is 18.2 Å². The summed E-state index contributed by atoms with van der Waals surface area (Å²) >= 11 is 1.33. The Bertz CT molecular complexity index is 589. The molecular formula is C17H23N3O2S. The van der Waals surface area contributed by atoms with Crippen LogP contribution in [-0.2, 0) is 4.79 Å². The monoisotopic (exact) mass is 333 g/mol. The maximum Gasteiger partial charge on any atom is 0.254 e. The number of nitrogens with one attached hydrogen (secondary N) is 1. The van der Waals surface area contributed by atoms with Crippen LogP contribution in [0.4, 0.5) is 0 Å². The quantitative estimate of drug-likeness (QED) is 0.819. The summed E-state index contributed by atoms with van der Waals surface area (Å²) in [6, 6.07) is 7.48. The van der Waals surface area contributed by atoms with Crippen LogP contribution in [0.2, 0.25) is 0 Å². The second-order valence-electron chi connectivity index (χ2n) is 6.47. The summed E-state index contributed by atoms with van der Waals surface area (Å²) in [4.78, 5) is 26.6. The molecule has 2 aliphatic rings. The molecule has 1 spiro atoms. The molecule has 0 aromatic heterocycles. The maximum absolute atomic E-state index is 12.8. The molecule has 1 aromatic carbocycles. The van der Waals surface area contributed by atoms with Gasteiger partial charge in [0, 0.05) is 24.5 Å². The van der Waals surface area contributed by atoms with Crippen LogP contribution in [-0.4, -0.2) is 48.6 Å². The van der Waals surface area contributed by atoms with Crippen molar-refractivity contribution in [3.63, 3.8) is 0 Å². The first-order valence-electron chi connectivity index (χ1n) is 8.10. The number of nitrogens with two attached hydrogens (primary N) is 1. The molecule has 3 N–H and O–H groups in total. The Labute approximate surface area is 141 Å². The van der Waals surface area contributed by atoms with Crippen LogP contribution >= 0.6 is 11.8 Å². The average Bonchev–Trinajstić information content (AvgIpc) is 3.01. The van der Waals surface area contributed by atoms with Crippen molar-refractivity contribution in [2.24, 2.45) is 11.1 Å². The van der Waals surface area contributed by atoms with Gasteiger partial charge in [0.15, 0.2) is 0 Å². The second-order valence-corrected chi connectivity index (χ2v) is 7.49. The zero-order valence-electron chi connectivity index (χ0n) is 13.2. The van der Waals surface area contributed by atoms with Gasteiger partial charge in [-0.15, -0.1) is 11.8 Å². The van der Waals surface area contributed by atoms with Crippen molar-refractivity contribution in [2.75, 3.05) is 31.9 Å². The van der Waals surface area contributed by atoms with Gasteiger partial charge in [-0.25, -0.2) is 0 Å². The molecule has 2 heterocycles. The number of hydrogen-bond donors (Lipinski definition) is 2. The van der Waals surface area contributed by atoms with Gasteiger partial charge in [0.25, 0.3) is 5.91 Å². The van der Waals surface area contributed by atoms with Crippen LogP contribution in [0.3, 0.4) is 0 Å². The minimum absolute atomic E-state index is 0.0679. The number of carbonyl (C=O) groups is 2. The van der Waals surface area contributed by atoms with E-state index in [0.717, 1.165) is 43.9 Å². The number of piperidine rings is 1. The van der Waals surface area contributed by atoms with E-state index < -0.39 is 0 Å². The van der Waals surface area contributed by atoms with Crippen molar-refractivity contribution in [3.8, 4) is 0 Å². The van der Waals surface area contributed by atoms with Crippen molar-refractivity contribution < 1.29 is 9.59 Å². The topological polar surface area (TPSA) is 75.4 Å². The number of hydrogen-bond acceptors (Lipinski definition) is 4. The molecule has 0 atom stereocenters. The third kappa shape index (κ3) is 3.70. The Kier molecular flexibility index (Phi) is 4.92. The lowest BCUT2D eigenvalue weighted by molar-refractivity contribution is -0.115. The Morgan fingerprint density at radius 2 is 1.96 bits per heavy atom. The molecule has 5 nitrogen and oxygen atoms in total. The number of likely N-dealkylation sites (tertiary alicyclic amines) is 1. The molecule has 2 saturated heterocycles. The minimum Gasteiger partial charge on any atom is -0.369 e. The molecule has 0 unspecified atom stereocenters. The number of amides is 2. The lowest BCUT2D eigenvalue weighted by atomic mass is 9.78. The number of benzene rings is 1. The fourth-order valence-corrected chi connectivity index (χ4v) is 4.28. The van der Waals surface area contributed by atoms with E-state index in [4.69, 9.17) is 5.73 Å². The van der Waals surface area contributed by atoms with Crippen molar-refractivity contribution in [2.45, 2.75) is 24.2 Å². The summed E-state index contributed by atoms with van der Waals surface area (Å²) < 4.78 is 0. The van der Waals surface area contributed by atoms with Gasteiger partial charge in [0.05, 0.1) is 11.3 Å². The first-order valence-corrected chi connectivity index (χ1v) is 9.08. The number of rotatable bonds is 4. The van der Waals surface area contributed by atoms with Gasteiger partial charge >= 0.3 is 0 Å². The van der Waals surface area contributed by atoms with Crippen molar-refractivity contribution in [1.29, 1.82) is 0 Å². The second kappa shape index (κ2) is 6.93. The smallest absolute Gasteiger partial charge is 0.254 e. The van der Waals surface area contributed by atoms with Gasteiger partial charge in [-0.2, -0.15) is 0 Å². The Morgan fingerprint density at radius 1 is 1.22 bits per heavy atom. The molecular weight excluding hydrogens is 310 g/mol. The van der Waals surface area contributed by atoms with Crippen molar-refractivity contribution in [1.82, 2.24) is 10.2 Å². The average molecular weight is 333 g/mol. The zero-order chi connectivity index (χ0) is 16.3. The van der Waals surface area contributed by atoms with Crippen LogP contribution in [0.15, 0.2) is 29.2 Å².